The van der Waals surface area contributed by atoms with Crippen LogP contribution in [0.15, 0.2) is 24.3 Å². The van der Waals surface area contributed by atoms with Crippen LogP contribution in [-0.4, -0.2) is 19.8 Å². The molecule has 1 aliphatic heterocycles. The number of nitrogens with two attached hydrogens (primary N) is 1. The van der Waals surface area contributed by atoms with E-state index in [1.807, 2.05) is 0 Å². The predicted octanol–water partition coefficient (Wildman–Crippen LogP) is 2.39. The fourth-order valence-electron chi connectivity index (χ4n) is 2.60. The van der Waals surface area contributed by atoms with Crippen molar-refractivity contribution in [2.75, 3.05) is 19.8 Å². The Kier molecular flexibility index (Phi) is 3.62. The SMILES string of the molecule is Cc1ccc(C2(CCN)CCCOC2)cc1. The van der Waals surface area contributed by atoms with Gasteiger partial charge in [-0.1, -0.05) is 29.8 Å². The fourth-order valence-corrected chi connectivity index (χ4v) is 2.60. The summed E-state index contributed by atoms with van der Waals surface area (Å²) in [6, 6.07) is 8.84. The standard InChI is InChI=1S/C14H21NO/c1-12-3-5-13(6-4-12)14(8-9-15)7-2-10-16-11-14/h3-6H,2,7-11,15H2,1H3. The molecule has 1 fully saturated rings. The molecule has 1 aromatic rings. The molecule has 1 aromatic carbocycles. The Labute approximate surface area is 97.8 Å². The predicted molar refractivity (Wildman–Crippen MR) is 66.6 cm³/mol. The second kappa shape index (κ2) is 4.98. The van der Waals surface area contributed by atoms with Gasteiger partial charge in [-0.3, -0.25) is 0 Å². The molecule has 0 saturated carbocycles. The Morgan fingerprint density at radius 2 is 2.06 bits per heavy atom. The van der Waals surface area contributed by atoms with Gasteiger partial charge in [0.2, 0.25) is 0 Å². The largest absolute Gasteiger partial charge is 0.381 e. The first kappa shape index (κ1) is 11.6. The van der Waals surface area contributed by atoms with E-state index in [2.05, 4.69) is 31.2 Å². The Morgan fingerprint density at radius 3 is 2.62 bits per heavy atom. The van der Waals surface area contributed by atoms with Gasteiger partial charge in [0, 0.05) is 12.0 Å². The topological polar surface area (TPSA) is 35.2 Å². The summed E-state index contributed by atoms with van der Waals surface area (Å²) in [4.78, 5) is 0. The van der Waals surface area contributed by atoms with Gasteiger partial charge in [0.05, 0.1) is 6.61 Å². The summed E-state index contributed by atoms with van der Waals surface area (Å²) < 4.78 is 5.67. The number of hydrogen-bond acceptors (Lipinski definition) is 2. The van der Waals surface area contributed by atoms with Gasteiger partial charge >= 0.3 is 0 Å². The lowest BCUT2D eigenvalue weighted by Gasteiger charge is -2.37. The Morgan fingerprint density at radius 1 is 1.31 bits per heavy atom. The molecule has 0 spiro atoms. The van der Waals surface area contributed by atoms with Crippen molar-refractivity contribution in [3.63, 3.8) is 0 Å². The van der Waals surface area contributed by atoms with Gasteiger partial charge in [0.25, 0.3) is 0 Å². The molecule has 0 radical (unpaired) electrons. The van der Waals surface area contributed by atoms with Crippen molar-refractivity contribution >= 4 is 0 Å². The highest BCUT2D eigenvalue weighted by Crippen LogP contribution is 2.35. The van der Waals surface area contributed by atoms with Gasteiger partial charge in [-0.05, 0) is 38.3 Å². The Balaban J connectivity index is 2.26. The molecule has 0 aliphatic carbocycles. The van der Waals surface area contributed by atoms with E-state index in [0.29, 0.717) is 0 Å². The van der Waals surface area contributed by atoms with E-state index < -0.39 is 0 Å². The summed E-state index contributed by atoms with van der Waals surface area (Å²) in [7, 11) is 0. The van der Waals surface area contributed by atoms with Crippen LogP contribution in [0, 0.1) is 6.92 Å². The molecule has 1 saturated heterocycles. The van der Waals surface area contributed by atoms with Crippen LogP contribution in [0.3, 0.4) is 0 Å². The molecule has 2 rings (SSSR count). The zero-order valence-electron chi connectivity index (χ0n) is 10.0. The molecule has 0 bridgehead atoms. The molecule has 16 heavy (non-hydrogen) atoms. The van der Waals surface area contributed by atoms with Crippen molar-refractivity contribution in [2.45, 2.75) is 31.6 Å². The molecule has 2 heteroatoms. The van der Waals surface area contributed by atoms with E-state index in [1.54, 1.807) is 0 Å². The summed E-state index contributed by atoms with van der Waals surface area (Å²) in [5.74, 6) is 0. The Hall–Kier alpha value is -0.860. The third-order valence-electron chi connectivity index (χ3n) is 3.61. The van der Waals surface area contributed by atoms with Crippen LogP contribution >= 0.6 is 0 Å². The molecule has 88 valence electrons. The minimum Gasteiger partial charge on any atom is -0.381 e. The molecule has 0 amide bonds. The molecule has 1 atom stereocenters. The van der Waals surface area contributed by atoms with Gasteiger partial charge in [0.1, 0.15) is 0 Å². The fraction of sp³-hybridized carbons (Fsp3) is 0.571. The number of ether oxygens (including phenoxy) is 1. The van der Waals surface area contributed by atoms with Crippen LogP contribution in [0.2, 0.25) is 0 Å². The maximum absolute atomic E-state index is 5.76. The van der Waals surface area contributed by atoms with Crippen LogP contribution in [0.5, 0.6) is 0 Å². The van der Waals surface area contributed by atoms with Crippen LogP contribution in [0.4, 0.5) is 0 Å². The van der Waals surface area contributed by atoms with E-state index >= 15 is 0 Å². The highest BCUT2D eigenvalue weighted by molar-refractivity contribution is 5.29. The van der Waals surface area contributed by atoms with Crippen molar-refractivity contribution in [1.29, 1.82) is 0 Å². The third-order valence-corrected chi connectivity index (χ3v) is 3.61. The summed E-state index contributed by atoms with van der Waals surface area (Å²) in [5.41, 5.74) is 8.62. The zero-order valence-corrected chi connectivity index (χ0v) is 10.0. The van der Waals surface area contributed by atoms with Crippen LogP contribution in [0.1, 0.15) is 30.4 Å². The van der Waals surface area contributed by atoms with Gasteiger partial charge in [-0.25, -0.2) is 0 Å². The molecule has 0 aromatic heterocycles. The first-order chi connectivity index (χ1) is 7.77. The summed E-state index contributed by atoms with van der Waals surface area (Å²) in [6.07, 6.45) is 3.37. The highest BCUT2D eigenvalue weighted by Gasteiger charge is 2.33. The normalized spacial score (nSPS) is 25.6. The maximum Gasteiger partial charge on any atom is 0.0563 e. The van der Waals surface area contributed by atoms with Gasteiger partial charge in [0.15, 0.2) is 0 Å². The first-order valence-electron chi connectivity index (χ1n) is 6.12. The van der Waals surface area contributed by atoms with Crippen molar-refractivity contribution in [3.8, 4) is 0 Å². The second-order valence-corrected chi connectivity index (χ2v) is 4.84. The van der Waals surface area contributed by atoms with E-state index in [0.717, 1.165) is 32.6 Å². The van der Waals surface area contributed by atoms with E-state index in [-0.39, 0.29) is 5.41 Å². The van der Waals surface area contributed by atoms with E-state index in [9.17, 15) is 0 Å². The quantitative estimate of drug-likeness (QED) is 0.847. The van der Waals surface area contributed by atoms with Gasteiger partial charge < -0.3 is 10.5 Å². The Bertz CT molecular complexity index is 320. The number of hydrogen-bond donors (Lipinski definition) is 1. The smallest absolute Gasteiger partial charge is 0.0563 e. The highest BCUT2D eigenvalue weighted by atomic mass is 16.5. The molecule has 1 heterocycles. The second-order valence-electron chi connectivity index (χ2n) is 4.84. The van der Waals surface area contributed by atoms with Gasteiger partial charge in [-0.2, -0.15) is 0 Å². The minimum absolute atomic E-state index is 0.167. The van der Waals surface area contributed by atoms with Crippen molar-refractivity contribution < 1.29 is 4.74 Å². The molecule has 1 unspecified atom stereocenters. The van der Waals surface area contributed by atoms with Crippen LogP contribution in [-0.2, 0) is 10.2 Å². The average molecular weight is 219 g/mol. The summed E-state index contributed by atoms with van der Waals surface area (Å²) >= 11 is 0. The van der Waals surface area contributed by atoms with Crippen molar-refractivity contribution in [1.82, 2.24) is 0 Å². The monoisotopic (exact) mass is 219 g/mol. The van der Waals surface area contributed by atoms with Crippen LogP contribution < -0.4 is 5.73 Å². The molecular formula is C14H21NO. The number of aryl methyl sites for hydroxylation is 1. The minimum atomic E-state index is 0.167. The third kappa shape index (κ3) is 2.28. The summed E-state index contributed by atoms with van der Waals surface area (Å²) in [5, 5.41) is 0. The summed E-state index contributed by atoms with van der Waals surface area (Å²) in [6.45, 7) is 4.58. The van der Waals surface area contributed by atoms with Gasteiger partial charge in [-0.15, -0.1) is 0 Å². The molecule has 2 N–H and O–H groups in total. The van der Waals surface area contributed by atoms with Crippen LogP contribution in [0.25, 0.3) is 0 Å². The lowest BCUT2D eigenvalue weighted by molar-refractivity contribution is 0.0312. The average Bonchev–Trinajstić information content (AvgIpc) is 2.31. The van der Waals surface area contributed by atoms with E-state index in [4.69, 9.17) is 10.5 Å². The van der Waals surface area contributed by atoms with Crippen molar-refractivity contribution in [2.24, 2.45) is 5.73 Å². The zero-order chi connectivity index (χ0) is 11.4. The molecule has 1 aliphatic rings. The molecular weight excluding hydrogens is 198 g/mol. The van der Waals surface area contributed by atoms with Crippen molar-refractivity contribution in [3.05, 3.63) is 35.4 Å². The number of benzene rings is 1. The molecule has 2 nitrogen and oxygen atoms in total. The number of rotatable bonds is 3. The lowest BCUT2D eigenvalue weighted by atomic mass is 9.73. The van der Waals surface area contributed by atoms with E-state index in [1.165, 1.54) is 17.5 Å². The first-order valence-corrected chi connectivity index (χ1v) is 6.12. The lowest BCUT2D eigenvalue weighted by Crippen LogP contribution is -2.38. The maximum atomic E-state index is 5.76.